The van der Waals surface area contributed by atoms with E-state index in [9.17, 15) is 23.2 Å². The van der Waals surface area contributed by atoms with Gasteiger partial charge in [-0.3, -0.25) is 10.0 Å². The van der Waals surface area contributed by atoms with Crippen molar-refractivity contribution in [3.8, 4) is 28.7 Å². The highest BCUT2D eigenvalue weighted by Crippen LogP contribution is 2.42. The number of nitriles is 1. The van der Waals surface area contributed by atoms with Crippen LogP contribution in [0.15, 0.2) is 42.5 Å². The summed E-state index contributed by atoms with van der Waals surface area (Å²) in [6, 6.07) is 9.16. The van der Waals surface area contributed by atoms with Gasteiger partial charge in [0.05, 0.1) is 24.3 Å². The number of nitrogens with one attached hydrogen (secondary N) is 2. The third kappa shape index (κ3) is 5.26. The molecule has 1 aliphatic rings. The maximum Gasteiger partial charge on any atom is 0.573 e. The zero-order valence-electron chi connectivity index (χ0n) is 16.2. The van der Waals surface area contributed by atoms with E-state index in [1.54, 1.807) is 6.07 Å². The van der Waals surface area contributed by atoms with Crippen molar-refractivity contribution in [2.45, 2.75) is 19.2 Å². The fourth-order valence-electron chi connectivity index (χ4n) is 3.25. The van der Waals surface area contributed by atoms with Crippen LogP contribution in [0.5, 0.6) is 11.5 Å². The lowest BCUT2D eigenvalue weighted by Gasteiger charge is -2.16. The fraction of sp³-hybridized carbons (Fsp3) is 0.238. The standard InChI is InChI=1S/C21H18F3N3O4/c1-12(8-19(28)27-29)11-26-18-9-16(20-15(6-7-30-20)17(18)10-25)13-2-4-14(5-3-13)31-21(22,23)24/h2-5,9,26,29H,1,6-8,11H2,(H,27,28). The van der Waals surface area contributed by atoms with Crippen molar-refractivity contribution in [1.82, 2.24) is 5.48 Å². The number of fused-ring (bicyclic) bond motifs is 1. The maximum absolute atomic E-state index is 12.4. The zero-order valence-corrected chi connectivity index (χ0v) is 16.2. The lowest BCUT2D eigenvalue weighted by Crippen LogP contribution is -2.20. The molecule has 0 saturated heterocycles. The summed E-state index contributed by atoms with van der Waals surface area (Å²) in [6.45, 7) is 4.30. The summed E-state index contributed by atoms with van der Waals surface area (Å²) in [5.74, 6) is -0.458. The van der Waals surface area contributed by atoms with Crippen LogP contribution in [0.3, 0.4) is 0 Å². The first kappa shape index (κ1) is 22.0. The molecule has 0 bridgehead atoms. The molecule has 0 saturated carbocycles. The molecule has 0 atom stereocenters. The first-order chi connectivity index (χ1) is 14.7. The summed E-state index contributed by atoms with van der Waals surface area (Å²) < 4.78 is 46.8. The van der Waals surface area contributed by atoms with Crippen LogP contribution in [-0.4, -0.2) is 30.6 Å². The number of anilines is 1. The lowest BCUT2D eigenvalue weighted by molar-refractivity contribution is -0.274. The monoisotopic (exact) mass is 433 g/mol. The number of carbonyl (C=O) groups excluding carboxylic acids is 1. The summed E-state index contributed by atoms with van der Waals surface area (Å²) in [5, 5.41) is 21.3. The number of ether oxygens (including phenoxy) is 2. The van der Waals surface area contributed by atoms with E-state index in [-0.39, 0.29) is 18.7 Å². The summed E-state index contributed by atoms with van der Waals surface area (Å²) in [6.07, 6.45) is -4.39. The van der Waals surface area contributed by atoms with E-state index in [4.69, 9.17) is 9.94 Å². The second-order valence-electron chi connectivity index (χ2n) is 6.75. The van der Waals surface area contributed by atoms with Crippen LogP contribution in [0.25, 0.3) is 11.1 Å². The zero-order chi connectivity index (χ0) is 22.6. The molecule has 31 heavy (non-hydrogen) atoms. The predicted molar refractivity (Wildman–Crippen MR) is 105 cm³/mol. The number of amides is 1. The smallest absolute Gasteiger partial charge is 0.492 e. The molecule has 3 rings (SSSR count). The molecule has 1 aliphatic heterocycles. The summed E-state index contributed by atoms with van der Waals surface area (Å²) in [5.41, 5.74) is 4.73. The normalized spacial score (nSPS) is 12.4. The van der Waals surface area contributed by atoms with Gasteiger partial charge in [0.2, 0.25) is 5.91 Å². The van der Waals surface area contributed by atoms with Crippen LogP contribution in [0, 0.1) is 11.3 Å². The summed E-state index contributed by atoms with van der Waals surface area (Å²) in [7, 11) is 0. The second kappa shape index (κ2) is 8.97. The topological polar surface area (TPSA) is 104 Å². The molecule has 0 aliphatic carbocycles. The largest absolute Gasteiger partial charge is 0.573 e. The molecule has 0 aromatic heterocycles. The predicted octanol–water partition coefficient (Wildman–Crippen LogP) is 3.92. The van der Waals surface area contributed by atoms with E-state index in [0.29, 0.717) is 52.3 Å². The highest BCUT2D eigenvalue weighted by molar-refractivity contribution is 5.82. The molecule has 1 heterocycles. The quantitative estimate of drug-likeness (QED) is 0.347. The molecule has 1 amide bonds. The van der Waals surface area contributed by atoms with Crippen molar-refractivity contribution in [3.05, 3.63) is 53.6 Å². The summed E-state index contributed by atoms with van der Waals surface area (Å²) >= 11 is 0. The van der Waals surface area contributed by atoms with Gasteiger partial charge < -0.3 is 14.8 Å². The number of benzene rings is 2. The highest BCUT2D eigenvalue weighted by Gasteiger charge is 2.31. The Morgan fingerprint density at radius 2 is 2.03 bits per heavy atom. The molecule has 0 fully saturated rings. The van der Waals surface area contributed by atoms with Gasteiger partial charge in [-0.05, 0) is 29.3 Å². The van der Waals surface area contributed by atoms with Crippen LogP contribution in [0.1, 0.15) is 17.5 Å². The molecule has 7 nitrogen and oxygen atoms in total. The van der Waals surface area contributed by atoms with Crippen LogP contribution < -0.4 is 20.3 Å². The molecule has 2 aromatic rings. The van der Waals surface area contributed by atoms with Crippen LogP contribution in [0.2, 0.25) is 0 Å². The third-order valence-electron chi connectivity index (χ3n) is 4.55. The third-order valence-corrected chi connectivity index (χ3v) is 4.55. The van der Waals surface area contributed by atoms with Gasteiger partial charge in [0.15, 0.2) is 0 Å². The van der Waals surface area contributed by atoms with Gasteiger partial charge in [-0.2, -0.15) is 5.26 Å². The van der Waals surface area contributed by atoms with E-state index >= 15 is 0 Å². The van der Waals surface area contributed by atoms with Crippen LogP contribution in [-0.2, 0) is 11.2 Å². The van der Waals surface area contributed by atoms with Crippen molar-refractivity contribution >= 4 is 11.6 Å². The maximum atomic E-state index is 12.4. The van der Waals surface area contributed by atoms with Crippen molar-refractivity contribution in [2.24, 2.45) is 0 Å². The second-order valence-corrected chi connectivity index (χ2v) is 6.75. The average Bonchev–Trinajstić information content (AvgIpc) is 3.20. The number of rotatable bonds is 7. The van der Waals surface area contributed by atoms with E-state index in [1.165, 1.54) is 29.7 Å². The molecule has 0 radical (unpaired) electrons. The molecule has 10 heteroatoms. The van der Waals surface area contributed by atoms with Crippen molar-refractivity contribution in [3.63, 3.8) is 0 Å². The number of hydrogen-bond acceptors (Lipinski definition) is 6. The number of halogens is 3. The Morgan fingerprint density at radius 3 is 2.65 bits per heavy atom. The summed E-state index contributed by atoms with van der Waals surface area (Å²) in [4.78, 5) is 11.3. The fourth-order valence-corrected chi connectivity index (χ4v) is 3.25. The van der Waals surface area contributed by atoms with Crippen LogP contribution in [0.4, 0.5) is 18.9 Å². The van der Waals surface area contributed by atoms with Gasteiger partial charge in [-0.25, -0.2) is 5.48 Å². The molecule has 0 unspecified atom stereocenters. The highest BCUT2D eigenvalue weighted by atomic mass is 19.4. The average molecular weight is 433 g/mol. The Hall–Kier alpha value is -3.71. The first-order valence-corrected chi connectivity index (χ1v) is 9.14. The van der Waals surface area contributed by atoms with E-state index in [0.717, 1.165) is 0 Å². The molecular weight excluding hydrogens is 415 g/mol. The lowest BCUT2D eigenvalue weighted by atomic mass is 9.95. The number of hydroxylamine groups is 1. The van der Waals surface area contributed by atoms with Crippen molar-refractivity contribution in [2.75, 3.05) is 18.5 Å². The van der Waals surface area contributed by atoms with Gasteiger partial charge in [0.1, 0.15) is 17.6 Å². The van der Waals surface area contributed by atoms with Gasteiger partial charge in [0, 0.05) is 24.1 Å². The molecular formula is C21H18F3N3O4. The van der Waals surface area contributed by atoms with Gasteiger partial charge in [0.25, 0.3) is 0 Å². The van der Waals surface area contributed by atoms with Crippen molar-refractivity contribution < 1.29 is 32.6 Å². The van der Waals surface area contributed by atoms with Gasteiger partial charge >= 0.3 is 6.36 Å². The molecule has 162 valence electrons. The number of alkyl halides is 3. The Morgan fingerprint density at radius 1 is 1.32 bits per heavy atom. The van der Waals surface area contributed by atoms with Gasteiger partial charge in [-0.15, -0.1) is 13.2 Å². The minimum Gasteiger partial charge on any atom is -0.492 e. The minimum absolute atomic E-state index is 0.104. The Balaban J connectivity index is 1.92. The number of carbonyl (C=O) groups is 1. The number of hydrogen-bond donors (Lipinski definition) is 3. The minimum atomic E-state index is -4.78. The molecule has 3 N–H and O–H groups in total. The Kier molecular flexibility index (Phi) is 6.36. The van der Waals surface area contributed by atoms with Crippen LogP contribution >= 0.6 is 0 Å². The van der Waals surface area contributed by atoms with Crippen molar-refractivity contribution in [1.29, 1.82) is 5.26 Å². The Bertz CT molecular complexity index is 1040. The van der Waals surface area contributed by atoms with E-state index in [1.807, 2.05) is 0 Å². The van der Waals surface area contributed by atoms with E-state index in [2.05, 4.69) is 22.7 Å². The van der Waals surface area contributed by atoms with E-state index < -0.39 is 12.3 Å². The Labute approximate surface area is 175 Å². The SMILES string of the molecule is C=C(CNc1cc(-c2ccc(OC(F)(F)F)cc2)c2c(c1C#N)CCO2)CC(=O)NO. The first-order valence-electron chi connectivity index (χ1n) is 9.14. The number of nitrogens with zero attached hydrogens (tertiary/aromatic N) is 1. The van der Waals surface area contributed by atoms with Gasteiger partial charge in [-0.1, -0.05) is 18.7 Å². The molecule has 2 aromatic carbocycles. The molecule has 0 spiro atoms.